The number of H-pyrrole nitrogens is 1. The van der Waals surface area contributed by atoms with Gasteiger partial charge in [-0.15, -0.1) is 0 Å². The lowest BCUT2D eigenvalue weighted by Crippen LogP contribution is -2.44. The van der Waals surface area contributed by atoms with E-state index >= 15 is 8.78 Å². The molecule has 0 saturated carbocycles. The summed E-state index contributed by atoms with van der Waals surface area (Å²) < 4.78 is 31.7. The maximum atomic E-state index is 15.2. The average Bonchev–Trinajstić information content (AvgIpc) is 3.65. The Morgan fingerprint density at radius 3 is 2.35 bits per heavy atom. The van der Waals surface area contributed by atoms with Crippen molar-refractivity contribution in [2.24, 2.45) is 13.0 Å². The summed E-state index contributed by atoms with van der Waals surface area (Å²) >= 11 is 6.52. The number of anilines is 1. The minimum atomic E-state index is -1.07. The van der Waals surface area contributed by atoms with Crippen LogP contribution in [-0.2, 0) is 11.8 Å². The van der Waals surface area contributed by atoms with Crippen molar-refractivity contribution in [3.05, 3.63) is 76.5 Å². The van der Waals surface area contributed by atoms with Crippen LogP contribution in [0.3, 0.4) is 0 Å². The van der Waals surface area contributed by atoms with Gasteiger partial charge in [0.2, 0.25) is 5.91 Å². The van der Waals surface area contributed by atoms with Crippen LogP contribution in [0.1, 0.15) is 46.4 Å². The van der Waals surface area contributed by atoms with Crippen molar-refractivity contribution in [2.45, 2.75) is 26.7 Å². The van der Waals surface area contributed by atoms with Crippen LogP contribution in [-0.4, -0.2) is 99.0 Å². The van der Waals surface area contributed by atoms with Gasteiger partial charge in [0.25, 0.3) is 11.8 Å². The van der Waals surface area contributed by atoms with Crippen molar-refractivity contribution in [3.63, 3.8) is 0 Å². The minimum Gasteiger partial charge on any atom is -0.341 e. The molecule has 0 unspecified atom stereocenters. The Labute approximate surface area is 282 Å². The van der Waals surface area contributed by atoms with E-state index in [9.17, 15) is 14.4 Å². The number of imidazole rings is 1. The number of hydrogen-bond acceptors (Lipinski definition) is 6. The molecule has 3 amide bonds. The van der Waals surface area contributed by atoms with Crippen molar-refractivity contribution >= 4 is 35.0 Å². The molecule has 0 aliphatic carbocycles. The third-order valence-corrected chi connectivity index (χ3v) is 9.08. The fourth-order valence-electron chi connectivity index (χ4n) is 5.91. The van der Waals surface area contributed by atoms with Crippen molar-refractivity contribution in [1.82, 2.24) is 34.4 Å². The topological polar surface area (TPSA) is 119 Å². The quantitative estimate of drug-likeness (QED) is 0.237. The Balaban J connectivity index is 1.22. The SMILES string of the molecule is CC(=O)N(CCN(C)C)CC1CCN(C(=O)c2ccc(NC(=O)c3ncc(-c4ccc(-c5c[nH]nc5C)c(F)c4F)n3C)cc2Cl)CC1. The molecule has 3 heterocycles. The number of rotatable bonds is 10. The van der Waals surface area contributed by atoms with E-state index in [2.05, 4.69) is 20.5 Å². The highest BCUT2D eigenvalue weighted by Gasteiger charge is 2.27. The first-order valence-corrected chi connectivity index (χ1v) is 16.0. The zero-order chi connectivity index (χ0) is 34.7. The predicted molar refractivity (Wildman–Crippen MR) is 180 cm³/mol. The van der Waals surface area contributed by atoms with Crippen LogP contribution in [0.5, 0.6) is 0 Å². The predicted octanol–water partition coefficient (Wildman–Crippen LogP) is 5.23. The van der Waals surface area contributed by atoms with Gasteiger partial charge in [0.05, 0.1) is 28.2 Å². The van der Waals surface area contributed by atoms with E-state index in [4.69, 9.17) is 11.6 Å². The Hall–Kier alpha value is -4.62. The number of aromatic amines is 1. The molecular weight excluding hydrogens is 642 g/mol. The highest BCUT2D eigenvalue weighted by molar-refractivity contribution is 6.34. The monoisotopic (exact) mass is 680 g/mol. The second-order valence-electron chi connectivity index (χ2n) is 12.4. The summed E-state index contributed by atoms with van der Waals surface area (Å²) in [4.78, 5) is 48.5. The summed E-state index contributed by atoms with van der Waals surface area (Å²) in [6, 6.07) is 7.53. The lowest BCUT2D eigenvalue weighted by Gasteiger charge is -2.35. The summed E-state index contributed by atoms with van der Waals surface area (Å²) in [5.74, 6) is -2.59. The molecule has 2 aromatic carbocycles. The van der Waals surface area contributed by atoms with E-state index in [-0.39, 0.29) is 39.5 Å². The van der Waals surface area contributed by atoms with Crippen LogP contribution in [0.4, 0.5) is 14.5 Å². The Kier molecular flexibility index (Phi) is 10.6. The number of amides is 3. The second kappa shape index (κ2) is 14.7. The van der Waals surface area contributed by atoms with Crippen LogP contribution in [0, 0.1) is 24.5 Å². The van der Waals surface area contributed by atoms with Gasteiger partial charge in [0.1, 0.15) is 0 Å². The lowest BCUT2D eigenvalue weighted by atomic mass is 9.95. The second-order valence-corrected chi connectivity index (χ2v) is 12.8. The maximum absolute atomic E-state index is 15.2. The molecule has 14 heteroatoms. The van der Waals surface area contributed by atoms with Gasteiger partial charge in [0.15, 0.2) is 17.5 Å². The van der Waals surface area contributed by atoms with Gasteiger partial charge in [-0.1, -0.05) is 17.7 Å². The molecule has 4 aromatic rings. The summed E-state index contributed by atoms with van der Waals surface area (Å²) in [7, 11) is 5.48. The molecule has 0 bridgehead atoms. The summed E-state index contributed by atoms with van der Waals surface area (Å²) in [6.07, 6.45) is 4.35. The van der Waals surface area contributed by atoms with Crippen molar-refractivity contribution in [2.75, 3.05) is 52.1 Å². The Morgan fingerprint density at radius 1 is 1.04 bits per heavy atom. The molecule has 0 atom stereocenters. The fraction of sp³-hybridized carbons (Fsp3) is 0.382. The first-order chi connectivity index (χ1) is 22.8. The van der Waals surface area contributed by atoms with Crippen molar-refractivity contribution in [1.29, 1.82) is 0 Å². The smallest absolute Gasteiger partial charge is 0.291 e. The zero-order valence-corrected chi connectivity index (χ0v) is 28.4. The largest absolute Gasteiger partial charge is 0.341 e. The molecule has 2 aromatic heterocycles. The lowest BCUT2D eigenvalue weighted by molar-refractivity contribution is -0.129. The number of nitrogens with one attached hydrogen (secondary N) is 2. The molecule has 11 nitrogen and oxygen atoms in total. The van der Waals surface area contributed by atoms with Crippen LogP contribution in [0.15, 0.2) is 42.7 Å². The van der Waals surface area contributed by atoms with Gasteiger partial charge < -0.3 is 24.6 Å². The maximum Gasteiger partial charge on any atom is 0.291 e. The number of carbonyl (C=O) groups is 3. The number of aryl methyl sites for hydroxylation is 1. The molecule has 1 fully saturated rings. The highest BCUT2D eigenvalue weighted by Crippen LogP contribution is 2.33. The van der Waals surface area contributed by atoms with Crippen molar-refractivity contribution in [3.8, 4) is 22.4 Å². The molecule has 1 aliphatic rings. The third-order valence-electron chi connectivity index (χ3n) is 8.77. The molecule has 0 spiro atoms. The van der Waals surface area contributed by atoms with Crippen LogP contribution in [0.25, 0.3) is 22.4 Å². The van der Waals surface area contributed by atoms with Gasteiger partial charge >= 0.3 is 0 Å². The van der Waals surface area contributed by atoms with Gasteiger partial charge in [0, 0.05) is 75.3 Å². The van der Waals surface area contributed by atoms with E-state index in [1.165, 1.54) is 42.2 Å². The summed E-state index contributed by atoms with van der Waals surface area (Å²) in [6.45, 7) is 6.50. The van der Waals surface area contributed by atoms with E-state index in [0.717, 1.165) is 19.4 Å². The van der Waals surface area contributed by atoms with E-state index in [1.54, 1.807) is 30.9 Å². The van der Waals surface area contributed by atoms with Crippen LogP contribution >= 0.6 is 11.6 Å². The molecular formula is C34H39ClF2N8O3. The average molecular weight is 681 g/mol. The van der Waals surface area contributed by atoms with E-state index in [0.29, 0.717) is 54.6 Å². The highest BCUT2D eigenvalue weighted by atomic mass is 35.5. The van der Waals surface area contributed by atoms with Gasteiger partial charge in [-0.3, -0.25) is 19.5 Å². The standard InChI is InChI=1S/C34H39ClF2N8O3/c1-20-27(17-39-41-20)24-8-9-26(31(37)30(24)36)29-18-38-32(43(29)5)33(47)40-23-6-7-25(28(35)16-23)34(48)44-12-10-22(11-13-44)19-45(21(2)46)15-14-42(3)4/h6-9,16-18,22H,10-15,19H2,1-5H3,(H,39,41)(H,40,47). The molecule has 1 saturated heterocycles. The van der Waals surface area contributed by atoms with Gasteiger partial charge in [-0.05, 0) is 64.0 Å². The third kappa shape index (κ3) is 7.42. The number of piperidine rings is 1. The Morgan fingerprint density at radius 2 is 1.73 bits per heavy atom. The first-order valence-electron chi connectivity index (χ1n) is 15.7. The number of likely N-dealkylation sites (tertiary alicyclic amines) is 1. The van der Waals surface area contributed by atoms with E-state index < -0.39 is 17.5 Å². The number of benzene rings is 2. The normalized spacial score (nSPS) is 13.6. The summed E-state index contributed by atoms with van der Waals surface area (Å²) in [5, 5.41) is 9.50. The van der Waals surface area contributed by atoms with E-state index in [1.807, 2.05) is 23.9 Å². The fourth-order valence-corrected chi connectivity index (χ4v) is 6.17. The zero-order valence-electron chi connectivity index (χ0n) is 27.6. The van der Waals surface area contributed by atoms with Gasteiger partial charge in [-0.2, -0.15) is 5.10 Å². The van der Waals surface area contributed by atoms with Crippen LogP contribution in [0.2, 0.25) is 5.02 Å². The number of hydrogen-bond donors (Lipinski definition) is 2. The first kappa shape index (κ1) is 34.7. The van der Waals surface area contributed by atoms with Crippen LogP contribution < -0.4 is 5.32 Å². The Bertz CT molecular complexity index is 1830. The minimum absolute atomic E-state index is 0.0382. The molecule has 48 heavy (non-hydrogen) atoms. The number of aromatic nitrogens is 4. The van der Waals surface area contributed by atoms with Crippen molar-refractivity contribution < 1.29 is 23.2 Å². The number of nitrogens with zero attached hydrogens (tertiary/aromatic N) is 6. The molecule has 1 aliphatic heterocycles. The molecule has 254 valence electrons. The number of halogens is 3. The summed E-state index contributed by atoms with van der Waals surface area (Å²) in [5.41, 5.74) is 1.85. The number of likely N-dealkylation sites (N-methyl/N-ethyl adjacent to an activating group) is 1. The molecule has 5 rings (SSSR count). The number of carbonyl (C=O) groups excluding carboxylic acids is 3. The molecule has 2 N–H and O–H groups in total. The van der Waals surface area contributed by atoms with Gasteiger partial charge in [-0.25, -0.2) is 13.8 Å². The molecule has 0 radical (unpaired) electrons.